The molecule has 0 radical (unpaired) electrons. The Morgan fingerprint density at radius 2 is 2.22 bits per heavy atom. The van der Waals surface area contributed by atoms with Crippen LogP contribution < -0.4 is 41.9 Å². The Hall–Kier alpha value is -3.08. The van der Waals surface area contributed by atoms with Gasteiger partial charge in [0.05, 0.1) is 0 Å². The van der Waals surface area contributed by atoms with Crippen LogP contribution in [0.4, 0.5) is 21.5 Å². The SMILES string of the molecule is COc1c(F)cccc1Nc1c2c3n4c1-c1ccncc1NCCC4=C[I-][C@@H]3CNC2=O. The number of carbonyl (C=O) groups is 1. The number of halogens is 2. The number of hydrogen-bond donors (Lipinski definition) is 3. The second-order valence-electron chi connectivity index (χ2n) is 7.77. The van der Waals surface area contributed by atoms with E-state index >= 15 is 0 Å². The van der Waals surface area contributed by atoms with E-state index in [0.717, 1.165) is 35.6 Å². The Bertz CT molecular complexity index is 1300. The average molecular weight is 544 g/mol. The molecule has 3 aliphatic heterocycles. The van der Waals surface area contributed by atoms with E-state index in [9.17, 15) is 9.18 Å². The number of anilines is 3. The maximum atomic E-state index is 14.5. The first-order chi connectivity index (χ1) is 15.7. The summed E-state index contributed by atoms with van der Waals surface area (Å²) in [6.07, 6.45) is 4.41. The summed E-state index contributed by atoms with van der Waals surface area (Å²) in [4.78, 5) is 17.5. The molecule has 9 heteroatoms. The fourth-order valence-electron chi connectivity index (χ4n) is 4.64. The summed E-state index contributed by atoms with van der Waals surface area (Å²) in [7, 11) is 1.44. The Balaban J connectivity index is 1.68. The van der Waals surface area contributed by atoms with Gasteiger partial charge in [-0.15, -0.1) is 0 Å². The molecule has 0 aliphatic carbocycles. The van der Waals surface area contributed by atoms with Gasteiger partial charge >= 0.3 is 195 Å². The summed E-state index contributed by atoms with van der Waals surface area (Å²) in [6, 6.07) is 6.70. The second kappa shape index (κ2) is 7.51. The number of alkyl halides is 1. The fraction of sp³-hybridized carbons (Fsp3) is 0.217. The van der Waals surface area contributed by atoms with Crippen LogP contribution in [0.25, 0.3) is 17.0 Å². The Labute approximate surface area is 194 Å². The van der Waals surface area contributed by atoms with Gasteiger partial charge in [0.15, 0.2) is 0 Å². The third-order valence-corrected chi connectivity index (χ3v) is 8.98. The van der Waals surface area contributed by atoms with Gasteiger partial charge in [-0.25, -0.2) is 0 Å². The molecular formula is C23H20FIN5O2-. The van der Waals surface area contributed by atoms with E-state index in [-0.39, 0.29) is 32.9 Å². The van der Waals surface area contributed by atoms with Crippen LogP contribution in [0.5, 0.6) is 5.75 Å². The number of nitrogens with zero attached hydrogens (tertiary/aromatic N) is 2. The van der Waals surface area contributed by atoms with Crippen molar-refractivity contribution >= 4 is 28.7 Å². The first-order valence-electron chi connectivity index (χ1n) is 10.3. The van der Waals surface area contributed by atoms with E-state index in [0.29, 0.717) is 27.4 Å². The summed E-state index contributed by atoms with van der Waals surface area (Å²) < 4.78 is 24.7. The van der Waals surface area contributed by atoms with Gasteiger partial charge in [-0.05, 0) is 0 Å². The third-order valence-electron chi connectivity index (χ3n) is 6.00. The van der Waals surface area contributed by atoms with Crippen molar-refractivity contribution in [2.45, 2.75) is 10.3 Å². The molecular weight excluding hydrogens is 524 g/mol. The molecule has 164 valence electrons. The first kappa shape index (κ1) is 19.6. The van der Waals surface area contributed by atoms with Crippen molar-refractivity contribution in [3.05, 3.63) is 57.8 Å². The van der Waals surface area contributed by atoms with Gasteiger partial charge in [-0.3, -0.25) is 0 Å². The zero-order valence-corrected chi connectivity index (χ0v) is 19.4. The van der Waals surface area contributed by atoms with Gasteiger partial charge in [0.2, 0.25) is 0 Å². The first-order valence-corrected chi connectivity index (χ1v) is 12.8. The summed E-state index contributed by atoms with van der Waals surface area (Å²) in [5, 5.41) is 9.93. The zero-order chi connectivity index (χ0) is 21.8. The molecule has 0 saturated carbocycles. The van der Waals surface area contributed by atoms with E-state index in [2.05, 4.69) is 29.6 Å². The minimum absolute atomic E-state index is 0.109. The summed E-state index contributed by atoms with van der Waals surface area (Å²) in [6.45, 7) is 1.44. The molecule has 0 spiro atoms. The van der Waals surface area contributed by atoms with Crippen LogP contribution in [0.15, 0.2) is 40.7 Å². The van der Waals surface area contributed by atoms with Gasteiger partial charge in [0.1, 0.15) is 0 Å². The molecule has 2 aromatic heterocycles. The van der Waals surface area contributed by atoms with Crippen molar-refractivity contribution in [2.75, 3.05) is 30.8 Å². The van der Waals surface area contributed by atoms with Gasteiger partial charge in [0.25, 0.3) is 0 Å². The summed E-state index contributed by atoms with van der Waals surface area (Å²) in [5.74, 6) is -0.453. The quantitative estimate of drug-likeness (QED) is 0.338. The number of benzene rings is 1. The number of para-hydroxylation sites is 1. The van der Waals surface area contributed by atoms with Crippen LogP contribution in [0.3, 0.4) is 0 Å². The number of pyridine rings is 1. The van der Waals surface area contributed by atoms with E-state index in [1.807, 2.05) is 12.3 Å². The van der Waals surface area contributed by atoms with Crippen molar-refractivity contribution in [2.24, 2.45) is 0 Å². The number of ether oxygens (including phenoxy) is 1. The van der Waals surface area contributed by atoms with Crippen molar-refractivity contribution in [3.63, 3.8) is 0 Å². The number of fused-ring (bicyclic) bond motifs is 2. The molecule has 7 nitrogen and oxygen atoms in total. The maximum absolute atomic E-state index is 14.5. The number of aromatic nitrogens is 2. The van der Waals surface area contributed by atoms with E-state index in [4.69, 9.17) is 4.74 Å². The minimum atomic E-state index is -0.460. The predicted molar refractivity (Wildman–Crippen MR) is 116 cm³/mol. The van der Waals surface area contributed by atoms with E-state index in [1.165, 1.54) is 18.9 Å². The molecule has 5 heterocycles. The molecule has 6 rings (SSSR count). The second-order valence-corrected chi connectivity index (χ2v) is 10.6. The molecule has 1 atom stereocenters. The fourth-order valence-corrected chi connectivity index (χ4v) is 7.49. The van der Waals surface area contributed by atoms with Gasteiger partial charge in [0, 0.05) is 0 Å². The number of methoxy groups -OCH3 is 1. The Morgan fingerprint density at radius 1 is 1.31 bits per heavy atom. The topological polar surface area (TPSA) is 80.2 Å². The van der Waals surface area contributed by atoms with Crippen molar-refractivity contribution in [1.29, 1.82) is 0 Å². The molecule has 0 saturated heterocycles. The van der Waals surface area contributed by atoms with E-state index < -0.39 is 5.82 Å². The van der Waals surface area contributed by atoms with Crippen LogP contribution in [0.2, 0.25) is 0 Å². The molecule has 1 amide bonds. The number of rotatable bonds is 3. The third kappa shape index (κ3) is 2.83. The molecule has 3 N–H and O–H groups in total. The molecule has 3 aromatic rings. The number of hydrogen-bond acceptors (Lipinski definition) is 5. The number of nitrogens with one attached hydrogen (secondary N) is 3. The monoisotopic (exact) mass is 544 g/mol. The molecule has 3 aliphatic rings. The number of carbonyl (C=O) groups excluding carboxylic acids is 1. The Kier molecular flexibility index (Phi) is 4.60. The van der Waals surface area contributed by atoms with Gasteiger partial charge in [-0.1, -0.05) is 0 Å². The average Bonchev–Trinajstić information content (AvgIpc) is 3.12. The Morgan fingerprint density at radius 3 is 3.09 bits per heavy atom. The number of amides is 1. The normalized spacial score (nSPS) is 18.5. The van der Waals surface area contributed by atoms with Crippen molar-refractivity contribution in [3.8, 4) is 17.0 Å². The van der Waals surface area contributed by atoms with Gasteiger partial charge in [-0.2, -0.15) is 0 Å². The molecule has 0 bridgehead atoms. The predicted octanol–water partition coefficient (Wildman–Crippen LogP) is 0.942. The van der Waals surface area contributed by atoms with Crippen molar-refractivity contribution in [1.82, 2.24) is 14.9 Å². The molecule has 0 unspecified atom stereocenters. The van der Waals surface area contributed by atoms with Crippen LogP contribution in [0.1, 0.15) is 26.4 Å². The molecule has 0 fully saturated rings. The summed E-state index contributed by atoms with van der Waals surface area (Å²) in [5.41, 5.74) is 6.80. The van der Waals surface area contributed by atoms with Crippen LogP contribution in [-0.2, 0) is 0 Å². The molecule has 1 aromatic carbocycles. The van der Waals surface area contributed by atoms with Crippen LogP contribution in [0, 0.1) is 5.82 Å². The van der Waals surface area contributed by atoms with Gasteiger partial charge < -0.3 is 0 Å². The van der Waals surface area contributed by atoms with Crippen molar-refractivity contribution < 1.29 is 35.1 Å². The standard InChI is InChI=1S/C23H20FIN5O2/c1-32-22-14(24)3-2-4-16(22)29-19-18-21-15(10-28-23(18)31)25-9-12-5-8-27-17-11-26-7-6-13(17)20(19)30(12)21/h2-4,6-7,9,11,15,27,29H,5,8,10H2,1H3,(H,28,31)/q-1/t15-/m1/s1. The summed E-state index contributed by atoms with van der Waals surface area (Å²) >= 11 is -0.252. The van der Waals surface area contributed by atoms with E-state index in [1.54, 1.807) is 18.3 Å². The van der Waals surface area contributed by atoms with Crippen LogP contribution >= 0.6 is 0 Å². The zero-order valence-electron chi connectivity index (χ0n) is 17.2. The molecule has 32 heavy (non-hydrogen) atoms. The van der Waals surface area contributed by atoms with Crippen LogP contribution in [-0.4, -0.2) is 35.7 Å².